The van der Waals surface area contributed by atoms with Gasteiger partial charge in [-0.05, 0) is 31.7 Å². The lowest BCUT2D eigenvalue weighted by atomic mass is 10.2. The summed E-state index contributed by atoms with van der Waals surface area (Å²) in [5, 5.41) is 0. The highest BCUT2D eigenvalue weighted by molar-refractivity contribution is 5.27. The van der Waals surface area contributed by atoms with Crippen LogP contribution in [-0.2, 0) is 6.54 Å². The summed E-state index contributed by atoms with van der Waals surface area (Å²) in [6.07, 6.45) is 0. The van der Waals surface area contributed by atoms with Gasteiger partial charge in [0, 0.05) is 19.6 Å². The Kier molecular flexibility index (Phi) is 5.15. The van der Waals surface area contributed by atoms with Crippen LogP contribution in [0.15, 0.2) is 24.3 Å². The summed E-state index contributed by atoms with van der Waals surface area (Å²) in [6.45, 7) is 5.26. The van der Waals surface area contributed by atoms with Crippen LogP contribution in [0.5, 0.6) is 5.75 Å². The number of ether oxygens (including phenoxy) is 1. The van der Waals surface area contributed by atoms with E-state index >= 15 is 0 Å². The lowest BCUT2D eigenvalue weighted by Gasteiger charge is -2.15. The minimum absolute atomic E-state index is 0.702. The van der Waals surface area contributed by atoms with Crippen molar-refractivity contribution in [2.24, 2.45) is 5.73 Å². The van der Waals surface area contributed by atoms with Gasteiger partial charge in [-0.3, -0.25) is 0 Å². The smallest absolute Gasteiger partial charge is 0.119 e. The van der Waals surface area contributed by atoms with Gasteiger partial charge >= 0.3 is 0 Å². The van der Waals surface area contributed by atoms with Gasteiger partial charge in [0.2, 0.25) is 0 Å². The number of nitrogens with zero attached hydrogens (tertiary/aromatic N) is 1. The fourth-order valence-corrected chi connectivity index (χ4v) is 1.47. The topological polar surface area (TPSA) is 38.5 Å². The highest BCUT2D eigenvalue weighted by Crippen LogP contribution is 2.12. The molecule has 0 aliphatic heterocycles. The molecule has 0 radical (unpaired) electrons. The van der Waals surface area contributed by atoms with Crippen LogP contribution in [0.2, 0.25) is 0 Å². The number of likely N-dealkylation sites (N-methyl/N-ethyl adjacent to an activating group) is 1. The molecule has 0 aliphatic rings. The zero-order chi connectivity index (χ0) is 11.1. The number of hydrogen-bond donors (Lipinski definition) is 1. The van der Waals surface area contributed by atoms with Crippen LogP contribution < -0.4 is 10.5 Å². The third-order valence-corrected chi connectivity index (χ3v) is 2.20. The number of nitrogens with two attached hydrogens (primary N) is 1. The van der Waals surface area contributed by atoms with Crippen LogP contribution in [0.1, 0.15) is 12.5 Å². The Hall–Kier alpha value is -1.06. The quantitative estimate of drug-likeness (QED) is 0.769. The lowest BCUT2D eigenvalue weighted by molar-refractivity contribution is 0.332. The Morgan fingerprint density at radius 3 is 2.47 bits per heavy atom. The molecule has 0 aliphatic carbocycles. The first kappa shape index (κ1) is 12.0. The number of benzene rings is 1. The zero-order valence-electron chi connectivity index (χ0n) is 9.57. The van der Waals surface area contributed by atoms with Crippen LogP contribution in [0.3, 0.4) is 0 Å². The van der Waals surface area contributed by atoms with Crippen molar-refractivity contribution in [3.8, 4) is 5.75 Å². The first-order valence-electron chi connectivity index (χ1n) is 5.36. The van der Waals surface area contributed by atoms with Crippen molar-refractivity contribution in [1.29, 1.82) is 0 Å². The molecule has 0 heterocycles. The molecule has 84 valence electrons. The average Bonchev–Trinajstić information content (AvgIpc) is 2.22. The molecule has 15 heavy (non-hydrogen) atoms. The summed E-state index contributed by atoms with van der Waals surface area (Å²) in [5.74, 6) is 0.933. The van der Waals surface area contributed by atoms with E-state index in [0.29, 0.717) is 13.2 Å². The molecule has 1 rings (SSSR count). The number of hydrogen-bond acceptors (Lipinski definition) is 3. The summed E-state index contributed by atoms with van der Waals surface area (Å²) in [7, 11) is 2.07. The maximum atomic E-state index is 5.49. The molecule has 1 aromatic rings. The molecule has 0 bridgehead atoms. The van der Waals surface area contributed by atoms with Crippen molar-refractivity contribution < 1.29 is 4.74 Å². The van der Waals surface area contributed by atoms with E-state index in [1.165, 1.54) is 5.56 Å². The normalized spacial score (nSPS) is 10.7. The van der Waals surface area contributed by atoms with E-state index in [-0.39, 0.29) is 0 Å². The van der Waals surface area contributed by atoms with Gasteiger partial charge in [-0.15, -0.1) is 0 Å². The summed E-state index contributed by atoms with van der Waals surface area (Å²) in [4.78, 5) is 2.20. The zero-order valence-corrected chi connectivity index (χ0v) is 9.57. The van der Waals surface area contributed by atoms with Crippen molar-refractivity contribution >= 4 is 0 Å². The molecule has 0 amide bonds. The largest absolute Gasteiger partial charge is 0.494 e. The van der Waals surface area contributed by atoms with E-state index < -0.39 is 0 Å². The van der Waals surface area contributed by atoms with Crippen LogP contribution in [0.4, 0.5) is 0 Å². The number of rotatable bonds is 6. The van der Waals surface area contributed by atoms with Crippen LogP contribution in [0.25, 0.3) is 0 Å². The summed E-state index contributed by atoms with van der Waals surface area (Å²) in [5.41, 5.74) is 6.77. The van der Waals surface area contributed by atoms with Crippen molar-refractivity contribution in [2.75, 3.05) is 26.7 Å². The average molecular weight is 208 g/mol. The third kappa shape index (κ3) is 4.32. The second-order valence-corrected chi connectivity index (χ2v) is 3.60. The highest BCUT2D eigenvalue weighted by atomic mass is 16.5. The van der Waals surface area contributed by atoms with Crippen molar-refractivity contribution in [3.63, 3.8) is 0 Å². The maximum Gasteiger partial charge on any atom is 0.119 e. The minimum Gasteiger partial charge on any atom is -0.494 e. The molecule has 3 nitrogen and oxygen atoms in total. The standard InChI is InChI=1S/C12H20N2O/c1-3-15-12-6-4-11(5-7-12)10-14(2)9-8-13/h4-7H,3,8-10,13H2,1-2H3. The second kappa shape index (κ2) is 6.43. The Morgan fingerprint density at radius 1 is 1.27 bits per heavy atom. The van der Waals surface area contributed by atoms with E-state index in [9.17, 15) is 0 Å². The van der Waals surface area contributed by atoms with Gasteiger partial charge in [0.1, 0.15) is 5.75 Å². The van der Waals surface area contributed by atoms with Crippen LogP contribution in [0, 0.1) is 0 Å². The monoisotopic (exact) mass is 208 g/mol. The molecular formula is C12H20N2O. The maximum absolute atomic E-state index is 5.49. The van der Waals surface area contributed by atoms with Crippen LogP contribution >= 0.6 is 0 Å². The van der Waals surface area contributed by atoms with Gasteiger partial charge < -0.3 is 15.4 Å². The van der Waals surface area contributed by atoms with E-state index in [2.05, 4.69) is 24.1 Å². The van der Waals surface area contributed by atoms with E-state index in [1.54, 1.807) is 0 Å². The van der Waals surface area contributed by atoms with Gasteiger partial charge in [-0.2, -0.15) is 0 Å². The molecule has 0 saturated carbocycles. The minimum atomic E-state index is 0.702. The highest BCUT2D eigenvalue weighted by Gasteiger charge is 1.99. The van der Waals surface area contributed by atoms with Crippen LogP contribution in [-0.4, -0.2) is 31.6 Å². The van der Waals surface area contributed by atoms with Crippen molar-refractivity contribution in [2.45, 2.75) is 13.5 Å². The summed E-state index contributed by atoms with van der Waals surface area (Å²) < 4.78 is 5.38. The molecule has 0 spiro atoms. The predicted octanol–water partition coefficient (Wildman–Crippen LogP) is 1.48. The van der Waals surface area contributed by atoms with Crippen molar-refractivity contribution in [1.82, 2.24) is 4.90 Å². The first-order valence-corrected chi connectivity index (χ1v) is 5.36. The SMILES string of the molecule is CCOc1ccc(CN(C)CCN)cc1. The van der Waals surface area contributed by atoms with E-state index in [0.717, 1.165) is 18.8 Å². The fraction of sp³-hybridized carbons (Fsp3) is 0.500. The first-order chi connectivity index (χ1) is 7.26. The molecule has 0 atom stereocenters. The van der Waals surface area contributed by atoms with Crippen molar-refractivity contribution in [3.05, 3.63) is 29.8 Å². The van der Waals surface area contributed by atoms with E-state index in [1.807, 2.05) is 19.1 Å². The lowest BCUT2D eigenvalue weighted by Crippen LogP contribution is -2.24. The Morgan fingerprint density at radius 2 is 1.93 bits per heavy atom. The summed E-state index contributed by atoms with van der Waals surface area (Å²) >= 11 is 0. The molecule has 0 saturated heterocycles. The van der Waals surface area contributed by atoms with E-state index in [4.69, 9.17) is 10.5 Å². The Balaban J connectivity index is 2.48. The summed E-state index contributed by atoms with van der Waals surface area (Å²) in [6, 6.07) is 8.21. The second-order valence-electron chi connectivity index (χ2n) is 3.60. The molecule has 3 heteroatoms. The molecular weight excluding hydrogens is 188 g/mol. The van der Waals surface area contributed by atoms with Gasteiger partial charge in [-0.25, -0.2) is 0 Å². The Bertz CT molecular complexity index is 271. The molecule has 2 N–H and O–H groups in total. The molecule has 1 aromatic carbocycles. The third-order valence-electron chi connectivity index (χ3n) is 2.20. The molecule has 0 fully saturated rings. The fourth-order valence-electron chi connectivity index (χ4n) is 1.47. The Labute approximate surface area is 91.8 Å². The van der Waals surface area contributed by atoms with Gasteiger partial charge in [0.05, 0.1) is 6.61 Å². The van der Waals surface area contributed by atoms with Gasteiger partial charge in [0.15, 0.2) is 0 Å². The van der Waals surface area contributed by atoms with Gasteiger partial charge in [0.25, 0.3) is 0 Å². The molecule has 0 aromatic heterocycles. The predicted molar refractivity (Wildman–Crippen MR) is 63.0 cm³/mol. The van der Waals surface area contributed by atoms with Gasteiger partial charge in [-0.1, -0.05) is 12.1 Å². The molecule has 0 unspecified atom stereocenters.